The minimum atomic E-state index is -0.0200. The van der Waals surface area contributed by atoms with Gasteiger partial charge in [0.1, 0.15) is 0 Å². The van der Waals surface area contributed by atoms with Gasteiger partial charge in [0.2, 0.25) is 0 Å². The molecular weight excluding hydrogens is 186 g/mol. The average molecular weight is 215 g/mol. The van der Waals surface area contributed by atoms with Gasteiger partial charge in [0.25, 0.3) is 0 Å². The second kappa shape index (κ2) is 6.49. The van der Waals surface area contributed by atoms with Crippen LogP contribution in [0.15, 0.2) is 0 Å². The first-order valence-electron chi connectivity index (χ1n) is 6.17. The van der Waals surface area contributed by atoms with Crippen LogP contribution in [-0.4, -0.2) is 18.8 Å². The molecule has 0 fully saturated rings. The molecule has 0 spiro atoms. The summed E-state index contributed by atoms with van der Waals surface area (Å²) in [4.78, 5) is 0. The zero-order valence-electron chi connectivity index (χ0n) is 11.2. The van der Waals surface area contributed by atoms with E-state index in [1.54, 1.807) is 0 Å². The average Bonchev–Trinajstić information content (AvgIpc) is 2.01. The van der Waals surface area contributed by atoms with Gasteiger partial charge in [-0.15, -0.1) is 0 Å². The first-order chi connectivity index (χ1) is 6.83. The second-order valence-corrected chi connectivity index (χ2v) is 5.84. The van der Waals surface area contributed by atoms with Gasteiger partial charge >= 0.3 is 0 Å². The summed E-state index contributed by atoms with van der Waals surface area (Å²) in [6.45, 7) is 12.7. The Hall–Kier alpha value is -0.0800. The summed E-state index contributed by atoms with van der Waals surface area (Å²) in [6.07, 6.45) is 4.48. The fourth-order valence-corrected chi connectivity index (χ4v) is 2.18. The molecule has 0 aliphatic heterocycles. The van der Waals surface area contributed by atoms with Crippen molar-refractivity contribution in [2.24, 2.45) is 11.1 Å². The summed E-state index contributed by atoms with van der Waals surface area (Å²) < 4.78 is 5.91. The molecule has 0 rings (SSSR count). The van der Waals surface area contributed by atoms with E-state index in [0.717, 1.165) is 32.4 Å². The van der Waals surface area contributed by atoms with Crippen LogP contribution in [0.5, 0.6) is 0 Å². The molecule has 0 unspecified atom stereocenters. The van der Waals surface area contributed by atoms with Gasteiger partial charge in [-0.3, -0.25) is 0 Å². The molecule has 2 nitrogen and oxygen atoms in total. The van der Waals surface area contributed by atoms with E-state index in [9.17, 15) is 0 Å². The summed E-state index contributed by atoms with van der Waals surface area (Å²) >= 11 is 0. The van der Waals surface area contributed by atoms with Crippen LogP contribution in [-0.2, 0) is 4.74 Å². The lowest BCUT2D eigenvalue weighted by Crippen LogP contribution is -2.33. The molecule has 2 N–H and O–H groups in total. The second-order valence-electron chi connectivity index (χ2n) is 5.84. The number of hydrogen-bond acceptors (Lipinski definition) is 2. The summed E-state index contributed by atoms with van der Waals surface area (Å²) in [5.74, 6) is 0. The molecule has 0 aromatic heterocycles. The number of ether oxygens (including phenoxy) is 1. The molecule has 2 heteroatoms. The normalized spacial score (nSPS) is 13.2. The van der Waals surface area contributed by atoms with Gasteiger partial charge in [-0.1, -0.05) is 27.2 Å². The van der Waals surface area contributed by atoms with E-state index in [-0.39, 0.29) is 11.0 Å². The van der Waals surface area contributed by atoms with Crippen LogP contribution in [0.25, 0.3) is 0 Å². The quantitative estimate of drug-likeness (QED) is 0.630. The summed E-state index contributed by atoms with van der Waals surface area (Å²) in [6, 6.07) is 0. The minimum Gasteiger partial charge on any atom is -0.376 e. The zero-order chi connectivity index (χ0) is 11.9. The van der Waals surface area contributed by atoms with Gasteiger partial charge < -0.3 is 10.5 Å². The fraction of sp³-hybridized carbons (Fsp3) is 1.00. The van der Waals surface area contributed by atoms with Gasteiger partial charge in [0, 0.05) is 6.61 Å². The molecule has 0 bridgehead atoms. The van der Waals surface area contributed by atoms with E-state index in [2.05, 4.69) is 34.6 Å². The summed E-state index contributed by atoms with van der Waals surface area (Å²) in [7, 11) is 0. The van der Waals surface area contributed by atoms with Crippen molar-refractivity contribution in [3.8, 4) is 0 Å². The van der Waals surface area contributed by atoms with E-state index in [4.69, 9.17) is 10.5 Å². The number of hydrogen-bond donors (Lipinski definition) is 1. The monoisotopic (exact) mass is 215 g/mol. The third-order valence-corrected chi connectivity index (χ3v) is 2.72. The van der Waals surface area contributed by atoms with E-state index in [1.165, 1.54) is 6.42 Å². The molecule has 0 heterocycles. The molecule has 0 atom stereocenters. The minimum absolute atomic E-state index is 0.0200. The Morgan fingerprint density at radius 1 is 1.13 bits per heavy atom. The van der Waals surface area contributed by atoms with Crippen molar-refractivity contribution in [2.45, 2.75) is 65.9 Å². The highest BCUT2D eigenvalue weighted by Crippen LogP contribution is 2.32. The Morgan fingerprint density at radius 2 is 1.73 bits per heavy atom. The lowest BCUT2D eigenvalue weighted by Gasteiger charge is -2.35. The largest absolute Gasteiger partial charge is 0.376 e. The summed E-state index contributed by atoms with van der Waals surface area (Å²) in [5.41, 5.74) is 5.88. The van der Waals surface area contributed by atoms with E-state index < -0.39 is 0 Å². The summed E-state index contributed by atoms with van der Waals surface area (Å²) in [5, 5.41) is 0. The lowest BCUT2D eigenvalue weighted by atomic mass is 9.79. The predicted molar refractivity (Wildman–Crippen MR) is 67.0 cm³/mol. The molecule has 0 aromatic carbocycles. The fourth-order valence-electron chi connectivity index (χ4n) is 2.18. The Labute approximate surface area is 95.6 Å². The van der Waals surface area contributed by atoms with E-state index >= 15 is 0 Å². The van der Waals surface area contributed by atoms with Crippen LogP contribution in [0.1, 0.15) is 60.3 Å². The van der Waals surface area contributed by atoms with Crippen molar-refractivity contribution in [2.75, 3.05) is 13.2 Å². The van der Waals surface area contributed by atoms with Crippen LogP contribution in [0.3, 0.4) is 0 Å². The first kappa shape index (κ1) is 14.9. The lowest BCUT2D eigenvalue weighted by molar-refractivity contribution is -0.0476. The molecule has 15 heavy (non-hydrogen) atoms. The van der Waals surface area contributed by atoms with Gasteiger partial charge in [-0.2, -0.15) is 0 Å². The van der Waals surface area contributed by atoms with Crippen molar-refractivity contribution in [3.63, 3.8) is 0 Å². The maximum Gasteiger partial charge on any atom is 0.0631 e. The van der Waals surface area contributed by atoms with Crippen molar-refractivity contribution in [3.05, 3.63) is 0 Å². The maximum absolute atomic E-state index is 5.91. The van der Waals surface area contributed by atoms with Crippen LogP contribution in [0.4, 0.5) is 0 Å². The van der Waals surface area contributed by atoms with Crippen molar-refractivity contribution in [1.29, 1.82) is 0 Å². The van der Waals surface area contributed by atoms with Crippen molar-refractivity contribution in [1.82, 2.24) is 0 Å². The molecule has 0 aliphatic carbocycles. The molecule has 0 saturated carbocycles. The number of unbranched alkanes of at least 4 members (excludes halogenated alkanes) is 1. The molecule has 0 saturated heterocycles. The van der Waals surface area contributed by atoms with Crippen molar-refractivity contribution < 1.29 is 4.74 Å². The van der Waals surface area contributed by atoms with Crippen LogP contribution < -0.4 is 5.73 Å². The Kier molecular flexibility index (Phi) is 6.46. The zero-order valence-corrected chi connectivity index (χ0v) is 11.2. The third kappa shape index (κ3) is 7.80. The smallest absolute Gasteiger partial charge is 0.0631 e. The Balaban J connectivity index is 3.99. The van der Waals surface area contributed by atoms with Gasteiger partial charge in [-0.05, 0) is 45.1 Å². The van der Waals surface area contributed by atoms with Crippen LogP contribution in [0.2, 0.25) is 0 Å². The van der Waals surface area contributed by atoms with E-state index in [1.807, 2.05) is 0 Å². The number of nitrogens with two attached hydrogens (primary N) is 1. The third-order valence-electron chi connectivity index (χ3n) is 2.72. The van der Waals surface area contributed by atoms with E-state index in [0.29, 0.717) is 0 Å². The standard InChI is InChI=1S/C13H29NO/c1-6-7-10-15-13(4,5)11-12(2,3)8-9-14/h6-11,14H2,1-5H3. The molecule has 0 aromatic rings. The highest BCUT2D eigenvalue weighted by molar-refractivity contribution is 4.80. The topological polar surface area (TPSA) is 35.2 Å². The SMILES string of the molecule is CCCCOC(C)(C)CC(C)(C)CCN. The molecule has 0 aliphatic rings. The molecule has 0 radical (unpaired) electrons. The molecule has 0 amide bonds. The van der Waals surface area contributed by atoms with Crippen LogP contribution in [0, 0.1) is 5.41 Å². The molecule has 92 valence electrons. The highest BCUT2D eigenvalue weighted by Gasteiger charge is 2.28. The highest BCUT2D eigenvalue weighted by atomic mass is 16.5. The Bertz CT molecular complexity index is 164. The first-order valence-corrected chi connectivity index (χ1v) is 6.17. The van der Waals surface area contributed by atoms with Gasteiger partial charge in [0.15, 0.2) is 0 Å². The van der Waals surface area contributed by atoms with Gasteiger partial charge in [-0.25, -0.2) is 0 Å². The maximum atomic E-state index is 5.91. The Morgan fingerprint density at radius 3 is 2.20 bits per heavy atom. The molecular formula is C13H29NO. The number of rotatable bonds is 8. The van der Waals surface area contributed by atoms with Gasteiger partial charge in [0.05, 0.1) is 5.60 Å². The van der Waals surface area contributed by atoms with Crippen LogP contribution >= 0.6 is 0 Å². The predicted octanol–water partition coefficient (Wildman–Crippen LogP) is 3.35. The van der Waals surface area contributed by atoms with Crippen molar-refractivity contribution >= 4 is 0 Å².